The van der Waals surface area contributed by atoms with Crippen LogP contribution in [0.15, 0.2) is 12.1 Å². The minimum atomic E-state index is -0.850. The molecule has 0 heterocycles. The number of nitrogens with zero attached hydrogens (tertiary/aromatic N) is 1. The van der Waals surface area contributed by atoms with Crippen molar-refractivity contribution in [3.8, 4) is 5.75 Å². The summed E-state index contributed by atoms with van der Waals surface area (Å²) >= 11 is 0. The third-order valence-corrected chi connectivity index (χ3v) is 3.17. The predicted octanol–water partition coefficient (Wildman–Crippen LogP) is 2.75. The molecule has 1 fully saturated rings. The van der Waals surface area contributed by atoms with Gasteiger partial charge in [-0.2, -0.15) is 0 Å². The van der Waals surface area contributed by atoms with Crippen LogP contribution in [0.25, 0.3) is 0 Å². The van der Waals surface area contributed by atoms with Gasteiger partial charge in [0, 0.05) is 6.07 Å². The maximum absolute atomic E-state index is 13.8. The normalized spacial score (nSPS) is 15.0. The zero-order valence-corrected chi connectivity index (χ0v) is 9.81. The summed E-state index contributed by atoms with van der Waals surface area (Å²) in [6, 6.07) is 2.26. The molecule has 1 aromatic rings. The van der Waals surface area contributed by atoms with Gasteiger partial charge in [-0.05, 0) is 25.8 Å². The van der Waals surface area contributed by atoms with Gasteiger partial charge in [0.2, 0.25) is 0 Å². The Morgan fingerprint density at radius 1 is 1.50 bits per heavy atom. The molecule has 0 N–H and O–H groups in total. The second-order valence-electron chi connectivity index (χ2n) is 4.33. The lowest BCUT2D eigenvalue weighted by atomic mass is 9.86. The van der Waals surface area contributed by atoms with Gasteiger partial charge in [0.1, 0.15) is 0 Å². The van der Waals surface area contributed by atoms with Gasteiger partial charge in [0.05, 0.1) is 16.4 Å². The summed E-state index contributed by atoms with van der Waals surface area (Å²) < 4.78 is 18.7. The van der Waals surface area contributed by atoms with E-state index in [0.29, 0.717) is 0 Å². The molecule has 5 nitrogen and oxygen atoms in total. The number of hydrogen-bond acceptors (Lipinski definition) is 4. The number of ether oxygens (including phenoxy) is 1. The van der Waals surface area contributed by atoms with E-state index in [1.165, 1.54) is 6.92 Å². The molecular formula is C12H12FNO4. The lowest BCUT2D eigenvalue weighted by Gasteiger charge is -2.23. The van der Waals surface area contributed by atoms with Crippen LogP contribution in [0, 0.1) is 28.8 Å². The second-order valence-corrected chi connectivity index (χ2v) is 4.33. The maximum atomic E-state index is 13.8. The summed E-state index contributed by atoms with van der Waals surface area (Å²) in [5, 5.41) is 10.6. The van der Waals surface area contributed by atoms with Crippen LogP contribution in [-0.4, -0.2) is 10.9 Å². The summed E-state index contributed by atoms with van der Waals surface area (Å²) in [5.41, 5.74) is -0.449. The van der Waals surface area contributed by atoms with E-state index in [9.17, 15) is 19.3 Å². The van der Waals surface area contributed by atoms with Crippen molar-refractivity contribution in [2.75, 3.05) is 0 Å². The molecule has 2 rings (SSSR count). The van der Waals surface area contributed by atoms with E-state index in [1.807, 2.05) is 0 Å². The third-order valence-electron chi connectivity index (χ3n) is 3.17. The molecule has 0 aliphatic heterocycles. The molecule has 0 aromatic heterocycles. The molecular weight excluding hydrogens is 241 g/mol. The van der Waals surface area contributed by atoms with E-state index in [2.05, 4.69) is 0 Å². The Hall–Kier alpha value is -1.98. The molecule has 1 saturated carbocycles. The van der Waals surface area contributed by atoms with E-state index in [0.717, 1.165) is 31.4 Å². The van der Waals surface area contributed by atoms with Crippen LogP contribution in [0.4, 0.5) is 10.1 Å². The summed E-state index contributed by atoms with van der Waals surface area (Å²) in [5.74, 6) is -1.72. The lowest BCUT2D eigenvalue weighted by molar-refractivity contribution is -0.385. The fourth-order valence-electron chi connectivity index (χ4n) is 1.76. The predicted molar refractivity (Wildman–Crippen MR) is 60.8 cm³/mol. The molecule has 0 amide bonds. The number of nitro groups is 1. The fourth-order valence-corrected chi connectivity index (χ4v) is 1.76. The van der Waals surface area contributed by atoms with Crippen LogP contribution >= 0.6 is 0 Å². The van der Waals surface area contributed by atoms with Crippen LogP contribution in [-0.2, 0) is 4.79 Å². The number of carbonyl (C=O) groups is 1. The summed E-state index contributed by atoms with van der Waals surface area (Å²) in [6.45, 7) is 1.29. The van der Waals surface area contributed by atoms with Crippen molar-refractivity contribution in [2.24, 2.45) is 5.92 Å². The lowest BCUT2D eigenvalue weighted by Crippen LogP contribution is -2.26. The summed E-state index contributed by atoms with van der Waals surface area (Å²) in [4.78, 5) is 21.5. The molecule has 0 radical (unpaired) electrons. The Morgan fingerprint density at radius 2 is 2.17 bits per heavy atom. The van der Waals surface area contributed by atoms with Gasteiger partial charge in [0.25, 0.3) is 5.69 Å². The van der Waals surface area contributed by atoms with Crippen LogP contribution in [0.2, 0.25) is 0 Å². The monoisotopic (exact) mass is 253 g/mol. The van der Waals surface area contributed by atoms with Crippen molar-refractivity contribution in [3.05, 3.63) is 33.6 Å². The quantitative estimate of drug-likeness (QED) is 0.359. The van der Waals surface area contributed by atoms with Crippen molar-refractivity contribution >= 4 is 11.7 Å². The van der Waals surface area contributed by atoms with Crippen molar-refractivity contribution in [3.63, 3.8) is 0 Å². The van der Waals surface area contributed by atoms with Gasteiger partial charge in [-0.3, -0.25) is 14.9 Å². The molecule has 96 valence electrons. The van der Waals surface area contributed by atoms with Gasteiger partial charge in [-0.15, -0.1) is 0 Å². The highest BCUT2D eigenvalue weighted by Gasteiger charge is 2.28. The zero-order chi connectivity index (χ0) is 13.3. The molecule has 0 bridgehead atoms. The van der Waals surface area contributed by atoms with Gasteiger partial charge < -0.3 is 4.74 Å². The van der Waals surface area contributed by atoms with Gasteiger partial charge in [0.15, 0.2) is 11.6 Å². The van der Waals surface area contributed by atoms with Crippen molar-refractivity contribution < 1.29 is 18.8 Å². The summed E-state index contributed by atoms with van der Waals surface area (Å²) in [7, 11) is 0. The zero-order valence-electron chi connectivity index (χ0n) is 9.81. The van der Waals surface area contributed by atoms with Gasteiger partial charge in [-0.25, -0.2) is 4.39 Å². The molecule has 0 unspecified atom stereocenters. The van der Waals surface area contributed by atoms with E-state index in [-0.39, 0.29) is 22.9 Å². The van der Waals surface area contributed by atoms with Crippen LogP contribution in [0.5, 0.6) is 5.75 Å². The third kappa shape index (κ3) is 2.18. The molecule has 0 atom stereocenters. The average molecular weight is 253 g/mol. The Labute approximate surface area is 103 Å². The Kier molecular flexibility index (Phi) is 3.27. The SMILES string of the molecule is Cc1c([N+](=O)[O-])ccc(OC(=O)C2CCC2)c1F. The molecule has 1 aliphatic carbocycles. The molecule has 0 saturated heterocycles. The first-order valence-electron chi connectivity index (χ1n) is 5.66. The minimum absolute atomic E-state index is 0.126. The van der Waals surface area contributed by atoms with E-state index >= 15 is 0 Å². The minimum Gasteiger partial charge on any atom is -0.423 e. The van der Waals surface area contributed by atoms with E-state index < -0.39 is 16.7 Å². The van der Waals surface area contributed by atoms with Crippen LogP contribution in [0.3, 0.4) is 0 Å². The molecule has 1 aromatic carbocycles. The first-order chi connectivity index (χ1) is 8.50. The van der Waals surface area contributed by atoms with Crippen LogP contribution < -0.4 is 4.74 Å². The van der Waals surface area contributed by atoms with E-state index in [4.69, 9.17) is 4.74 Å². The topological polar surface area (TPSA) is 69.4 Å². The van der Waals surface area contributed by atoms with Gasteiger partial charge >= 0.3 is 5.97 Å². The largest absolute Gasteiger partial charge is 0.423 e. The Morgan fingerprint density at radius 3 is 2.67 bits per heavy atom. The Bertz CT molecular complexity index is 511. The molecule has 18 heavy (non-hydrogen) atoms. The number of rotatable bonds is 3. The average Bonchev–Trinajstić information content (AvgIpc) is 2.22. The molecule has 0 spiro atoms. The number of hydrogen-bond donors (Lipinski definition) is 0. The number of nitro benzene ring substituents is 1. The van der Waals surface area contributed by atoms with Crippen LogP contribution in [0.1, 0.15) is 24.8 Å². The number of esters is 1. The molecule has 1 aliphatic rings. The fraction of sp³-hybridized carbons (Fsp3) is 0.417. The van der Waals surface area contributed by atoms with Crippen molar-refractivity contribution in [1.82, 2.24) is 0 Å². The number of halogens is 1. The second kappa shape index (κ2) is 4.72. The van der Waals surface area contributed by atoms with Gasteiger partial charge in [-0.1, -0.05) is 6.42 Å². The maximum Gasteiger partial charge on any atom is 0.314 e. The smallest absolute Gasteiger partial charge is 0.314 e. The number of benzene rings is 1. The molecule has 6 heteroatoms. The number of carbonyl (C=O) groups excluding carboxylic acids is 1. The Balaban J connectivity index is 2.21. The standard InChI is InChI=1S/C12H12FNO4/c1-7-9(14(16)17)5-6-10(11(7)13)18-12(15)8-3-2-4-8/h5-6,8H,2-4H2,1H3. The first-order valence-corrected chi connectivity index (χ1v) is 5.66. The van der Waals surface area contributed by atoms with Crippen molar-refractivity contribution in [2.45, 2.75) is 26.2 Å². The highest BCUT2D eigenvalue weighted by Crippen LogP contribution is 2.31. The highest BCUT2D eigenvalue weighted by molar-refractivity contribution is 5.76. The highest BCUT2D eigenvalue weighted by atomic mass is 19.1. The van der Waals surface area contributed by atoms with Crippen molar-refractivity contribution in [1.29, 1.82) is 0 Å². The summed E-state index contributed by atoms with van der Waals surface area (Å²) in [6.07, 6.45) is 2.49. The van der Waals surface area contributed by atoms with E-state index in [1.54, 1.807) is 0 Å². The first kappa shape index (κ1) is 12.5.